The largest absolute Gasteiger partial charge is 0.331 e. The van der Waals surface area contributed by atoms with Crippen LogP contribution in [0, 0.1) is 10.1 Å². The van der Waals surface area contributed by atoms with Crippen molar-refractivity contribution < 1.29 is 9.72 Å². The SMILES string of the molecule is O=C1C([N+](=O)[O-])=CN=C[C@H]1Br. The highest BCUT2D eigenvalue weighted by atomic mass is 79.9. The normalized spacial score (nSPS) is 23.2. The molecule has 1 aliphatic heterocycles. The monoisotopic (exact) mass is 218 g/mol. The minimum atomic E-state index is -0.743. The van der Waals surface area contributed by atoms with E-state index in [1.807, 2.05) is 0 Å². The summed E-state index contributed by atoms with van der Waals surface area (Å²) >= 11 is 2.92. The van der Waals surface area contributed by atoms with E-state index in [9.17, 15) is 14.9 Å². The molecule has 0 aromatic heterocycles. The third-order valence-electron chi connectivity index (χ3n) is 1.11. The highest BCUT2D eigenvalue weighted by Gasteiger charge is 2.29. The standard InChI is InChI=1S/C5H3BrN2O3/c6-3-1-7-2-4(5(3)9)8(10)11/h1-3H/t3-/m1/s1. The summed E-state index contributed by atoms with van der Waals surface area (Å²) in [5.74, 6) is -0.565. The van der Waals surface area contributed by atoms with Crippen LogP contribution in [-0.2, 0) is 4.79 Å². The van der Waals surface area contributed by atoms with E-state index in [0.29, 0.717) is 0 Å². The fourth-order valence-corrected chi connectivity index (χ4v) is 0.970. The molecule has 1 aliphatic rings. The lowest BCUT2D eigenvalue weighted by Gasteiger charge is -2.02. The van der Waals surface area contributed by atoms with Crippen LogP contribution in [0.15, 0.2) is 16.9 Å². The lowest BCUT2D eigenvalue weighted by atomic mass is 10.2. The predicted molar refractivity (Wildman–Crippen MR) is 41.3 cm³/mol. The van der Waals surface area contributed by atoms with Crippen LogP contribution in [0.4, 0.5) is 0 Å². The van der Waals surface area contributed by atoms with Gasteiger partial charge in [-0.25, -0.2) is 0 Å². The molecule has 6 heteroatoms. The Bertz CT molecular complexity index is 271. The average Bonchev–Trinajstić information content (AvgIpc) is 1.94. The van der Waals surface area contributed by atoms with Crippen molar-refractivity contribution in [2.75, 3.05) is 0 Å². The van der Waals surface area contributed by atoms with Crippen LogP contribution in [0.3, 0.4) is 0 Å². The maximum atomic E-state index is 10.9. The number of carbonyl (C=O) groups is 1. The molecule has 1 heterocycles. The summed E-state index contributed by atoms with van der Waals surface area (Å²) in [5, 5.41) is 10.1. The average molecular weight is 219 g/mol. The minimum absolute atomic E-state index is 0.477. The number of hydrogen-bond acceptors (Lipinski definition) is 4. The fourth-order valence-electron chi connectivity index (χ4n) is 0.599. The number of Topliss-reactive ketones (excluding diaryl/α,β-unsaturated/α-hetero) is 1. The van der Waals surface area contributed by atoms with Gasteiger partial charge in [-0.3, -0.25) is 19.9 Å². The Hall–Kier alpha value is -1.04. The van der Waals surface area contributed by atoms with Gasteiger partial charge < -0.3 is 0 Å². The van der Waals surface area contributed by atoms with Gasteiger partial charge in [0, 0.05) is 6.21 Å². The first kappa shape index (κ1) is 8.06. The van der Waals surface area contributed by atoms with Crippen LogP contribution < -0.4 is 0 Å². The second kappa shape index (κ2) is 2.91. The van der Waals surface area contributed by atoms with Crippen molar-refractivity contribution in [2.24, 2.45) is 4.99 Å². The number of allylic oxidation sites excluding steroid dienone is 1. The van der Waals surface area contributed by atoms with Gasteiger partial charge in [-0.15, -0.1) is 0 Å². The quantitative estimate of drug-likeness (QED) is 0.366. The van der Waals surface area contributed by atoms with E-state index in [0.717, 1.165) is 6.20 Å². The topological polar surface area (TPSA) is 72.6 Å². The van der Waals surface area contributed by atoms with Crippen LogP contribution >= 0.6 is 15.9 Å². The van der Waals surface area contributed by atoms with Gasteiger partial charge in [0.15, 0.2) is 0 Å². The molecule has 0 saturated heterocycles. The molecule has 5 nitrogen and oxygen atoms in total. The van der Waals surface area contributed by atoms with Crippen molar-refractivity contribution in [3.63, 3.8) is 0 Å². The van der Waals surface area contributed by atoms with E-state index in [4.69, 9.17) is 0 Å². The van der Waals surface area contributed by atoms with E-state index in [-0.39, 0.29) is 0 Å². The smallest absolute Gasteiger partial charge is 0.285 e. The Kier molecular flexibility index (Phi) is 2.13. The molecule has 0 unspecified atom stereocenters. The van der Waals surface area contributed by atoms with E-state index in [2.05, 4.69) is 20.9 Å². The van der Waals surface area contributed by atoms with Gasteiger partial charge in [-0.05, 0) is 0 Å². The molecule has 1 rings (SSSR count). The summed E-state index contributed by atoms with van der Waals surface area (Å²) in [6, 6.07) is 0. The van der Waals surface area contributed by atoms with Crippen molar-refractivity contribution in [1.82, 2.24) is 0 Å². The molecule has 0 saturated carbocycles. The Morgan fingerprint density at radius 1 is 1.73 bits per heavy atom. The Balaban J connectivity index is 2.96. The van der Waals surface area contributed by atoms with Crippen molar-refractivity contribution in [1.29, 1.82) is 0 Å². The third-order valence-corrected chi connectivity index (χ3v) is 1.77. The Morgan fingerprint density at radius 2 is 2.36 bits per heavy atom. The van der Waals surface area contributed by atoms with Gasteiger partial charge in [-0.1, -0.05) is 15.9 Å². The number of nitrogens with zero attached hydrogens (tertiary/aromatic N) is 2. The van der Waals surface area contributed by atoms with Gasteiger partial charge in [0.1, 0.15) is 11.0 Å². The van der Waals surface area contributed by atoms with Gasteiger partial charge in [-0.2, -0.15) is 0 Å². The molecule has 0 fully saturated rings. The molecular formula is C5H3BrN2O3. The first-order chi connectivity index (χ1) is 5.13. The number of nitro groups is 1. The fraction of sp³-hybridized carbons (Fsp3) is 0.200. The number of alkyl halides is 1. The molecule has 0 aromatic rings. The molecule has 0 amide bonds. The van der Waals surface area contributed by atoms with Crippen molar-refractivity contribution >= 4 is 27.9 Å². The minimum Gasteiger partial charge on any atom is -0.285 e. The molecule has 0 N–H and O–H groups in total. The van der Waals surface area contributed by atoms with Gasteiger partial charge in [0.25, 0.3) is 5.78 Å². The number of aliphatic imine (C=N–C) groups is 1. The van der Waals surface area contributed by atoms with Crippen LogP contribution in [0.2, 0.25) is 0 Å². The van der Waals surface area contributed by atoms with Crippen molar-refractivity contribution in [2.45, 2.75) is 4.83 Å². The molecule has 0 spiro atoms. The molecule has 0 bridgehead atoms. The Morgan fingerprint density at radius 3 is 2.82 bits per heavy atom. The maximum absolute atomic E-state index is 10.9. The number of carbonyl (C=O) groups excluding carboxylic acids is 1. The highest BCUT2D eigenvalue weighted by Crippen LogP contribution is 2.11. The van der Waals surface area contributed by atoms with Crippen LogP contribution in [0.5, 0.6) is 0 Å². The molecule has 0 aliphatic carbocycles. The molecular weight excluding hydrogens is 216 g/mol. The molecule has 0 radical (unpaired) electrons. The molecule has 1 atom stereocenters. The lowest BCUT2D eigenvalue weighted by molar-refractivity contribution is -0.419. The Labute approximate surface area is 70.1 Å². The van der Waals surface area contributed by atoms with Gasteiger partial charge in [0.2, 0.25) is 0 Å². The van der Waals surface area contributed by atoms with Gasteiger partial charge >= 0.3 is 5.70 Å². The zero-order valence-corrected chi connectivity index (χ0v) is 6.82. The van der Waals surface area contributed by atoms with E-state index in [1.54, 1.807) is 0 Å². The van der Waals surface area contributed by atoms with E-state index >= 15 is 0 Å². The van der Waals surface area contributed by atoms with E-state index < -0.39 is 21.2 Å². The number of ketones is 1. The van der Waals surface area contributed by atoms with Crippen LogP contribution in [-0.4, -0.2) is 21.7 Å². The highest BCUT2D eigenvalue weighted by molar-refractivity contribution is 9.10. The summed E-state index contributed by atoms with van der Waals surface area (Å²) in [6.45, 7) is 0. The summed E-state index contributed by atoms with van der Waals surface area (Å²) in [5.41, 5.74) is -0.477. The lowest BCUT2D eigenvalue weighted by Crippen LogP contribution is -2.24. The molecule has 58 valence electrons. The predicted octanol–water partition coefficient (Wildman–Crippen LogP) is 0.521. The molecule has 0 aromatic carbocycles. The third kappa shape index (κ3) is 1.51. The summed E-state index contributed by atoms with van der Waals surface area (Å²) in [4.78, 5) is 23.2. The summed E-state index contributed by atoms with van der Waals surface area (Å²) in [7, 11) is 0. The first-order valence-corrected chi connectivity index (χ1v) is 3.60. The summed E-state index contributed by atoms with van der Waals surface area (Å²) < 4.78 is 0. The molecule has 11 heavy (non-hydrogen) atoms. The number of hydrogen-bond donors (Lipinski definition) is 0. The number of rotatable bonds is 1. The van der Waals surface area contributed by atoms with Crippen molar-refractivity contribution in [3.8, 4) is 0 Å². The number of halogens is 1. The zero-order valence-electron chi connectivity index (χ0n) is 5.23. The first-order valence-electron chi connectivity index (χ1n) is 2.69. The second-order valence-electron chi connectivity index (χ2n) is 1.84. The van der Waals surface area contributed by atoms with Crippen LogP contribution in [0.1, 0.15) is 0 Å². The maximum Gasteiger partial charge on any atom is 0.331 e. The van der Waals surface area contributed by atoms with Gasteiger partial charge in [0.05, 0.1) is 4.92 Å². The zero-order chi connectivity index (χ0) is 8.43. The van der Waals surface area contributed by atoms with Crippen LogP contribution in [0.25, 0.3) is 0 Å². The van der Waals surface area contributed by atoms with E-state index in [1.165, 1.54) is 6.21 Å². The summed E-state index contributed by atoms with van der Waals surface area (Å²) in [6.07, 6.45) is 2.25. The second-order valence-corrected chi connectivity index (χ2v) is 2.82. The van der Waals surface area contributed by atoms with Crippen molar-refractivity contribution in [3.05, 3.63) is 22.0 Å².